The van der Waals surface area contributed by atoms with Gasteiger partial charge in [-0.1, -0.05) is 55.5 Å². The third-order valence-corrected chi connectivity index (χ3v) is 6.69. The van der Waals surface area contributed by atoms with E-state index < -0.39 is 11.6 Å². The Morgan fingerprint density at radius 2 is 1.90 bits per heavy atom. The zero-order valence-corrected chi connectivity index (χ0v) is 17.0. The van der Waals surface area contributed by atoms with Crippen molar-refractivity contribution in [1.82, 2.24) is 15.5 Å². The van der Waals surface area contributed by atoms with E-state index in [0.29, 0.717) is 6.42 Å². The van der Waals surface area contributed by atoms with Gasteiger partial charge in [-0.05, 0) is 30.0 Å². The van der Waals surface area contributed by atoms with Crippen LogP contribution in [0.4, 0.5) is 4.79 Å². The summed E-state index contributed by atoms with van der Waals surface area (Å²) in [6, 6.07) is 16.5. The Morgan fingerprint density at radius 1 is 1.17 bits per heavy atom. The van der Waals surface area contributed by atoms with Crippen molar-refractivity contribution in [3.63, 3.8) is 0 Å². The van der Waals surface area contributed by atoms with Gasteiger partial charge in [0.1, 0.15) is 12.1 Å². The number of imide groups is 1. The van der Waals surface area contributed by atoms with Crippen LogP contribution in [0.15, 0.2) is 59.5 Å². The number of carbonyl (C=O) groups excluding carboxylic acids is 3. The Kier molecular flexibility index (Phi) is 5.32. The molecule has 2 atom stereocenters. The van der Waals surface area contributed by atoms with Crippen molar-refractivity contribution in [1.29, 1.82) is 0 Å². The van der Waals surface area contributed by atoms with E-state index in [0.717, 1.165) is 33.1 Å². The molecule has 2 heterocycles. The first-order valence-electron chi connectivity index (χ1n) is 9.76. The smallest absolute Gasteiger partial charge is 0.325 e. The second kappa shape index (κ2) is 7.91. The number of hydrogen-bond donors (Lipinski definition) is 2. The molecule has 4 rings (SSSR count). The first-order valence-corrected chi connectivity index (χ1v) is 10.7. The lowest BCUT2D eigenvalue weighted by molar-refractivity contribution is -0.135. The van der Waals surface area contributed by atoms with Crippen LogP contribution in [0.5, 0.6) is 0 Å². The SMILES string of the molecule is CCC1(c2ccccc2)NC(=O)N(CC(=O)NC2CCSc3ccccc32)C1=O. The van der Waals surface area contributed by atoms with Crippen molar-refractivity contribution >= 4 is 29.6 Å². The summed E-state index contributed by atoms with van der Waals surface area (Å²) in [5, 5.41) is 5.81. The molecule has 29 heavy (non-hydrogen) atoms. The molecular formula is C22H23N3O3S. The third-order valence-electron chi connectivity index (χ3n) is 5.57. The predicted molar refractivity (Wildman–Crippen MR) is 111 cm³/mol. The van der Waals surface area contributed by atoms with Gasteiger partial charge < -0.3 is 10.6 Å². The van der Waals surface area contributed by atoms with Crippen molar-refractivity contribution in [2.45, 2.75) is 36.2 Å². The number of nitrogens with zero attached hydrogens (tertiary/aromatic N) is 1. The van der Waals surface area contributed by atoms with Gasteiger partial charge in [-0.25, -0.2) is 4.79 Å². The highest BCUT2D eigenvalue weighted by Crippen LogP contribution is 2.36. The van der Waals surface area contributed by atoms with E-state index in [9.17, 15) is 14.4 Å². The summed E-state index contributed by atoms with van der Waals surface area (Å²) in [4.78, 5) is 40.6. The molecular weight excluding hydrogens is 386 g/mol. The molecule has 2 N–H and O–H groups in total. The highest BCUT2D eigenvalue weighted by molar-refractivity contribution is 7.99. The molecule has 7 heteroatoms. The van der Waals surface area contributed by atoms with Gasteiger partial charge >= 0.3 is 6.03 Å². The highest BCUT2D eigenvalue weighted by Gasteiger charge is 2.51. The van der Waals surface area contributed by atoms with Crippen molar-refractivity contribution in [3.8, 4) is 0 Å². The number of nitrogens with one attached hydrogen (secondary N) is 2. The second-order valence-electron chi connectivity index (χ2n) is 7.24. The zero-order chi connectivity index (χ0) is 20.4. The fourth-order valence-corrected chi connectivity index (χ4v) is 5.13. The highest BCUT2D eigenvalue weighted by atomic mass is 32.2. The summed E-state index contributed by atoms with van der Waals surface area (Å²) in [5.41, 5.74) is 0.690. The van der Waals surface area contributed by atoms with E-state index in [1.165, 1.54) is 0 Å². The first kappa shape index (κ1) is 19.5. The van der Waals surface area contributed by atoms with Crippen LogP contribution in [0.2, 0.25) is 0 Å². The number of rotatable bonds is 5. The molecule has 0 bridgehead atoms. The lowest BCUT2D eigenvalue weighted by Gasteiger charge is -2.27. The monoisotopic (exact) mass is 409 g/mol. The van der Waals surface area contributed by atoms with Gasteiger partial charge in [0.2, 0.25) is 5.91 Å². The molecule has 0 saturated carbocycles. The van der Waals surface area contributed by atoms with E-state index in [1.807, 2.05) is 61.5 Å². The number of carbonyl (C=O) groups is 3. The molecule has 2 aromatic rings. The average Bonchev–Trinajstić information content (AvgIpc) is 3.00. The minimum absolute atomic E-state index is 0.106. The minimum Gasteiger partial charge on any atom is -0.348 e. The van der Waals surface area contributed by atoms with Crippen molar-refractivity contribution in [2.24, 2.45) is 0 Å². The van der Waals surface area contributed by atoms with Crippen molar-refractivity contribution in [2.75, 3.05) is 12.3 Å². The molecule has 0 aromatic heterocycles. The molecule has 0 radical (unpaired) electrons. The quantitative estimate of drug-likeness (QED) is 0.744. The maximum absolute atomic E-state index is 13.2. The van der Waals surface area contributed by atoms with Crippen LogP contribution in [0.3, 0.4) is 0 Å². The van der Waals surface area contributed by atoms with Crippen molar-refractivity contribution in [3.05, 3.63) is 65.7 Å². The van der Waals surface area contributed by atoms with Gasteiger partial charge in [-0.2, -0.15) is 0 Å². The van der Waals surface area contributed by atoms with Crippen LogP contribution in [0, 0.1) is 0 Å². The lowest BCUT2D eigenvalue weighted by atomic mass is 9.87. The summed E-state index contributed by atoms with van der Waals surface area (Å²) >= 11 is 1.77. The Bertz CT molecular complexity index is 949. The van der Waals surface area contributed by atoms with E-state index in [-0.39, 0.29) is 24.4 Å². The second-order valence-corrected chi connectivity index (χ2v) is 8.38. The van der Waals surface area contributed by atoms with Gasteiger partial charge in [0.15, 0.2) is 0 Å². The Balaban J connectivity index is 1.49. The number of benzene rings is 2. The largest absolute Gasteiger partial charge is 0.348 e. The van der Waals surface area contributed by atoms with E-state index >= 15 is 0 Å². The Morgan fingerprint density at radius 3 is 2.66 bits per heavy atom. The molecule has 150 valence electrons. The molecule has 1 fully saturated rings. The Labute approximate surface area is 174 Å². The normalized spacial score (nSPS) is 23.5. The maximum atomic E-state index is 13.2. The van der Waals surface area contributed by atoms with Crippen LogP contribution in [0.1, 0.15) is 36.9 Å². The van der Waals surface area contributed by atoms with E-state index in [4.69, 9.17) is 0 Å². The molecule has 4 amide bonds. The molecule has 0 spiro atoms. The molecule has 0 aliphatic carbocycles. The standard InChI is InChI=1S/C22H23N3O3S/c1-2-22(15-8-4-3-5-9-15)20(27)25(21(28)24-22)14-19(26)23-17-12-13-29-18-11-7-6-10-16(17)18/h3-11,17H,2,12-14H2,1H3,(H,23,26)(H,24,28). The van der Waals surface area contributed by atoms with E-state index in [2.05, 4.69) is 10.6 Å². The first-order chi connectivity index (χ1) is 14.0. The van der Waals surface area contributed by atoms with Gasteiger partial charge in [0.05, 0.1) is 6.04 Å². The van der Waals surface area contributed by atoms with Gasteiger partial charge in [0, 0.05) is 10.6 Å². The minimum atomic E-state index is -1.12. The van der Waals surface area contributed by atoms with Gasteiger partial charge in [-0.3, -0.25) is 14.5 Å². The van der Waals surface area contributed by atoms with Crippen LogP contribution in [-0.4, -0.2) is 35.0 Å². The number of hydrogen-bond acceptors (Lipinski definition) is 4. The fraction of sp³-hybridized carbons (Fsp3) is 0.318. The maximum Gasteiger partial charge on any atom is 0.325 e. The molecule has 2 aromatic carbocycles. The summed E-state index contributed by atoms with van der Waals surface area (Å²) in [5.74, 6) is 0.198. The molecule has 2 unspecified atom stereocenters. The van der Waals surface area contributed by atoms with Crippen LogP contribution in [0.25, 0.3) is 0 Å². The van der Waals surface area contributed by atoms with Gasteiger partial charge in [0.25, 0.3) is 5.91 Å². The predicted octanol–water partition coefficient (Wildman–Crippen LogP) is 3.20. The number of urea groups is 1. The topological polar surface area (TPSA) is 78.5 Å². The zero-order valence-electron chi connectivity index (χ0n) is 16.2. The summed E-state index contributed by atoms with van der Waals surface area (Å²) in [7, 11) is 0. The van der Waals surface area contributed by atoms with Crippen molar-refractivity contribution < 1.29 is 14.4 Å². The molecule has 2 aliphatic heterocycles. The molecule has 1 saturated heterocycles. The van der Waals surface area contributed by atoms with Crippen LogP contribution in [-0.2, 0) is 15.1 Å². The third kappa shape index (κ3) is 3.51. The van der Waals surface area contributed by atoms with Crippen LogP contribution >= 0.6 is 11.8 Å². The summed E-state index contributed by atoms with van der Waals surface area (Å²) in [6.07, 6.45) is 1.23. The number of thioether (sulfide) groups is 1. The van der Waals surface area contributed by atoms with E-state index in [1.54, 1.807) is 11.8 Å². The number of fused-ring (bicyclic) bond motifs is 1. The Hall–Kier alpha value is -2.80. The fourth-order valence-electron chi connectivity index (χ4n) is 4.01. The average molecular weight is 410 g/mol. The molecule has 6 nitrogen and oxygen atoms in total. The van der Waals surface area contributed by atoms with Gasteiger partial charge in [-0.15, -0.1) is 11.8 Å². The molecule has 2 aliphatic rings. The summed E-state index contributed by atoms with van der Waals surface area (Å²) < 4.78 is 0. The summed E-state index contributed by atoms with van der Waals surface area (Å²) in [6.45, 7) is 1.57. The number of amides is 4. The van der Waals surface area contributed by atoms with Crippen LogP contribution < -0.4 is 10.6 Å². The lowest BCUT2D eigenvalue weighted by Crippen LogP contribution is -2.45.